The molecule has 0 bridgehead atoms. The number of amides is 1. The molecule has 0 unspecified atom stereocenters. The van der Waals surface area contributed by atoms with Crippen LogP contribution in [0.1, 0.15) is 31.2 Å². The molecule has 130 valence electrons. The summed E-state index contributed by atoms with van der Waals surface area (Å²) in [5, 5.41) is 14.2. The van der Waals surface area contributed by atoms with Crippen LogP contribution in [0, 0.1) is 5.92 Å². The summed E-state index contributed by atoms with van der Waals surface area (Å²) in [6, 6.07) is 12.6. The molecule has 2 aromatic carbocycles. The number of carboxylic acids is 1. The fourth-order valence-electron chi connectivity index (χ4n) is 3.48. The molecular formula is C20H21NO4. The Morgan fingerprint density at radius 2 is 1.92 bits per heavy atom. The van der Waals surface area contributed by atoms with Gasteiger partial charge in [-0.05, 0) is 35.1 Å². The van der Waals surface area contributed by atoms with Gasteiger partial charge in [-0.15, -0.1) is 0 Å². The SMILES string of the molecule is O=C1CCC[C@H]([C@@H](NC(=O)Cc2ccc3ccccc3c2)C(=O)O)C1. The summed E-state index contributed by atoms with van der Waals surface area (Å²) >= 11 is 0. The van der Waals surface area contributed by atoms with Gasteiger partial charge in [0, 0.05) is 12.8 Å². The van der Waals surface area contributed by atoms with Crippen molar-refractivity contribution in [3.63, 3.8) is 0 Å². The van der Waals surface area contributed by atoms with Gasteiger partial charge in [0.15, 0.2) is 0 Å². The highest BCUT2D eigenvalue weighted by Crippen LogP contribution is 2.25. The molecule has 25 heavy (non-hydrogen) atoms. The lowest BCUT2D eigenvalue weighted by Crippen LogP contribution is -2.47. The van der Waals surface area contributed by atoms with E-state index in [4.69, 9.17) is 0 Å². The Bertz CT molecular complexity index is 814. The largest absolute Gasteiger partial charge is 0.480 e. The Labute approximate surface area is 146 Å². The van der Waals surface area contributed by atoms with Gasteiger partial charge in [-0.3, -0.25) is 9.59 Å². The second kappa shape index (κ2) is 7.47. The van der Waals surface area contributed by atoms with Crippen LogP contribution in [0.3, 0.4) is 0 Å². The molecule has 2 aromatic rings. The summed E-state index contributed by atoms with van der Waals surface area (Å²) in [6.45, 7) is 0. The summed E-state index contributed by atoms with van der Waals surface area (Å²) in [5.41, 5.74) is 0.833. The van der Waals surface area contributed by atoms with Gasteiger partial charge < -0.3 is 10.4 Å². The standard InChI is InChI=1S/C20H21NO4/c22-17-7-3-6-16(12-17)19(20(24)25)21-18(23)11-13-8-9-14-4-1-2-5-15(14)10-13/h1-2,4-5,8-10,16,19H,3,6-7,11-12H2,(H,21,23)(H,24,25)/t16-,19+/m0/s1. The average molecular weight is 339 g/mol. The fraction of sp³-hybridized carbons (Fsp3) is 0.350. The first-order valence-electron chi connectivity index (χ1n) is 8.54. The van der Waals surface area contributed by atoms with Crippen molar-refractivity contribution >= 4 is 28.4 Å². The molecule has 0 aromatic heterocycles. The molecule has 5 nitrogen and oxygen atoms in total. The van der Waals surface area contributed by atoms with Gasteiger partial charge in [-0.25, -0.2) is 4.79 Å². The Balaban J connectivity index is 1.68. The molecule has 1 aliphatic carbocycles. The normalized spacial score (nSPS) is 18.7. The lowest BCUT2D eigenvalue weighted by molar-refractivity contribution is -0.144. The second-order valence-electron chi connectivity index (χ2n) is 6.64. The van der Waals surface area contributed by atoms with E-state index in [0.29, 0.717) is 19.3 Å². The smallest absolute Gasteiger partial charge is 0.326 e. The van der Waals surface area contributed by atoms with Crippen LogP contribution in [0.25, 0.3) is 10.8 Å². The highest BCUT2D eigenvalue weighted by atomic mass is 16.4. The molecule has 0 spiro atoms. The van der Waals surface area contributed by atoms with Crippen molar-refractivity contribution in [2.75, 3.05) is 0 Å². The van der Waals surface area contributed by atoms with Crippen molar-refractivity contribution in [3.8, 4) is 0 Å². The van der Waals surface area contributed by atoms with Crippen LogP contribution < -0.4 is 5.32 Å². The minimum atomic E-state index is -1.08. The van der Waals surface area contributed by atoms with E-state index in [2.05, 4.69) is 5.32 Å². The van der Waals surface area contributed by atoms with E-state index < -0.39 is 12.0 Å². The quantitative estimate of drug-likeness (QED) is 0.877. The van der Waals surface area contributed by atoms with Crippen LogP contribution in [0.15, 0.2) is 42.5 Å². The van der Waals surface area contributed by atoms with Gasteiger partial charge in [-0.1, -0.05) is 42.5 Å². The van der Waals surface area contributed by atoms with Crippen LogP contribution in [0.5, 0.6) is 0 Å². The molecule has 2 N–H and O–H groups in total. The fourth-order valence-corrected chi connectivity index (χ4v) is 3.48. The van der Waals surface area contributed by atoms with Crippen LogP contribution in [-0.2, 0) is 20.8 Å². The lowest BCUT2D eigenvalue weighted by atomic mass is 9.83. The highest BCUT2D eigenvalue weighted by Gasteiger charge is 2.33. The molecule has 1 aliphatic rings. The zero-order valence-corrected chi connectivity index (χ0v) is 13.9. The molecule has 0 saturated heterocycles. The maximum atomic E-state index is 12.3. The number of aliphatic carboxylic acids is 1. The van der Waals surface area contributed by atoms with E-state index in [1.165, 1.54) is 0 Å². The zero-order chi connectivity index (χ0) is 17.8. The van der Waals surface area contributed by atoms with E-state index in [1.807, 2.05) is 42.5 Å². The molecule has 2 atom stereocenters. The number of hydrogen-bond acceptors (Lipinski definition) is 3. The Morgan fingerprint density at radius 3 is 2.64 bits per heavy atom. The summed E-state index contributed by atoms with van der Waals surface area (Å²) in [4.78, 5) is 35.5. The summed E-state index contributed by atoms with van der Waals surface area (Å²) < 4.78 is 0. The maximum Gasteiger partial charge on any atom is 0.326 e. The first-order valence-corrected chi connectivity index (χ1v) is 8.54. The van der Waals surface area contributed by atoms with Gasteiger partial charge in [0.05, 0.1) is 6.42 Å². The Kier molecular flexibility index (Phi) is 5.12. The molecule has 0 aliphatic heterocycles. The van der Waals surface area contributed by atoms with E-state index >= 15 is 0 Å². The molecule has 5 heteroatoms. The van der Waals surface area contributed by atoms with E-state index in [-0.39, 0.29) is 30.4 Å². The molecule has 3 rings (SSSR count). The van der Waals surface area contributed by atoms with Gasteiger partial charge in [0.2, 0.25) is 5.91 Å². The van der Waals surface area contributed by atoms with Crippen molar-refractivity contribution in [2.45, 2.75) is 38.1 Å². The molecule has 1 saturated carbocycles. The summed E-state index contributed by atoms with van der Waals surface area (Å²) in [6.07, 6.45) is 2.20. The topological polar surface area (TPSA) is 83.5 Å². The van der Waals surface area contributed by atoms with Crippen LogP contribution in [-0.4, -0.2) is 28.8 Å². The number of rotatable bonds is 5. The third kappa shape index (κ3) is 4.24. The second-order valence-corrected chi connectivity index (χ2v) is 6.64. The van der Waals surface area contributed by atoms with Crippen molar-refractivity contribution in [2.24, 2.45) is 5.92 Å². The number of carboxylic acid groups (broad SMARTS) is 1. The number of nitrogens with one attached hydrogen (secondary N) is 1. The van der Waals surface area contributed by atoms with Crippen LogP contribution >= 0.6 is 0 Å². The minimum Gasteiger partial charge on any atom is -0.480 e. The molecule has 0 heterocycles. The number of ketones is 1. The minimum absolute atomic E-state index is 0.0753. The molecular weight excluding hydrogens is 318 g/mol. The Morgan fingerprint density at radius 1 is 1.16 bits per heavy atom. The van der Waals surface area contributed by atoms with Crippen LogP contribution in [0.2, 0.25) is 0 Å². The predicted molar refractivity (Wildman–Crippen MR) is 94.2 cm³/mol. The first kappa shape index (κ1) is 17.1. The summed E-state index contributed by atoms with van der Waals surface area (Å²) in [5.74, 6) is -1.65. The number of benzene rings is 2. The highest BCUT2D eigenvalue weighted by molar-refractivity contribution is 5.88. The van der Waals surface area contributed by atoms with Gasteiger partial charge in [0.1, 0.15) is 11.8 Å². The average Bonchev–Trinajstić information content (AvgIpc) is 2.59. The van der Waals surface area contributed by atoms with Crippen molar-refractivity contribution in [1.82, 2.24) is 5.32 Å². The molecule has 1 fully saturated rings. The number of hydrogen-bond donors (Lipinski definition) is 2. The van der Waals surface area contributed by atoms with E-state index in [9.17, 15) is 19.5 Å². The first-order chi connectivity index (χ1) is 12.0. The van der Waals surface area contributed by atoms with Crippen LogP contribution in [0.4, 0.5) is 0 Å². The van der Waals surface area contributed by atoms with E-state index in [1.54, 1.807) is 0 Å². The van der Waals surface area contributed by atoms with Gasteiger partial charge in [0.25, 0.3) is 0 Å². The van der Waals surface area contributed by atoms with Gasteiger partial charge in [-0.2, -0.15) is 0 Å². The number of fused-ring (bicyclic) bond motifs is 1. The monoisotopic (exact) mass is 339 g/mol. The third-order valence-electron chi connectivity index (χ3n) is 4.75. The Hall–Kier alpha value is -2.69. The lowest BCUT2D eigenvalue weighted by Gasteiger charge is -2.27. The maximum absolute atomic E-state index is 12.3. The van der Waals surface area contributed by atoms with Crippen molar-refractivity contribution in [1.29, 1.82) is 0 Å². The van der Waals surface area contributed by atoms with Crippen molar-refractivity contribution < 1.29 is 19.5 Å². The predicted octanol–water partition coefficient (Wildman–Crippen LogP) is 2.71. The molecule has 0 radical (unpaired) electrons. The zero-order valence-electron chi connectivity index (χ0n) is 13.9. The number of carbonyl (C=O) groups excluding carboxylic acids is 2. The number of Topliss-reactive ketones (excluding diaryl/α,β-unsaturated/α-hetero) is 1. The molecule has 1 amide bonds. The summed E-state index contributed by atoms with van der Waals surface area (Å²) in [7, 11) is 0. The van der Waals surface area contributed by atoms with Crippen molar-refractivity contribution in [3.05, 3.63) is 48.0 Å². The van der Waals surface area contributed by atoms with E-state index in [0.717, 1.165) is 16.3 Å². The van der Waals surface area contributed by atoms with Gasteiger partial charge >= 0.3 is 5.97 Å². The number of carbonyl (C=O) groups is 3. The third-order valence-corrected chi connectivity index (χ3v) is 4.75.